The van der Waals surface area contributed by atoms with Gasteiger partial charge in [0, 0.05) is 18.3 Å². The van der Waals surface area contributed by atoms with Crippen molar-refractivity contribution in [3.63, 3.8) is 0 Å². The Labute approximate surface area is 146 Å². The lowest BCUT2D eigenvalue weighted by Crippen LogP contribution is -2.36. The van der Waals surface area contributed by atoms with Crippen molar-refractivity contribution in [3.05, 3.63) is 54.3 Å². The van der Waals surface area contributed by atoms with Crippen LogP contribution in [0.5, 0.6) is 5.75 Å². The fourth-order valence-corrected chi connectivity index (χ4v) is 2.24. The molecule has 2 amide bonds. The average molecular weight is 344 g/mol. The number of anilines is 2. The van der Waals surface area contributed by atoms with Gasteiger partial charge >= 0.3 is 0 Å². The molecule has 25 heavy (non-hydrogen) atoms. The average Bonchev–Trinajstić information content (AvgIpc) is 2.55. The SMILES string of the molecule is CC(=O)N(CC(=O)Nc1ccc(OC(C)C)cc1)c1ccc(F)cc1. The molecule has 0 unspecified atom stereocenters. The first kappa shape index (κ1) is 18.4. The fourth-order valence-electron chi connectivity index (χ4n) is 2.24. The Hall–Kier alpha value is -2.89. The van der Waals surface area contributed by atoms with Crippen LogP contribution in [0.2, 0.25) is 0 Å². The van der Waals surface area contributed by atoms with Crippen LogP contribution in [0.3, 0.4) is 0 Å². The topological polar surface area (TPSA) is 58.6 Å². The molecule has 0 aromatic heterocycles. The number of carbonyl (C=O) groups excluding carboxylic acids is 2. The van der Waals surface area contributed by atoms with E-state index >= 15 is 0 Å². The fraction of sp³-hybridized carbons (Fsp3) is 0.263. The van der Waals surface area contributed by atoms with E-state index in [4.69, 9.17) is 4.74 Å². The highest BCUT2D eigenvalue weighted by Gasteiger charge is 2.16. The number of hydrogen-bond acceptors (Lipinski definition) is 3. The van der Waals surface area contributed by atoms with Crippen molar-refractivity contribution in [1.29, 1.82) is 0 Å². The van der Waals surface area contributed by atoms with E-state index in [1.54, 1.807) is 24.3 Å². The van der Waals surface area contributed by atoms with Gasteiger partial charge in [0.15, 0.2) is 0 Å². The highest BCUT2D eigenvalue weighted by Crippen LogP contribution is 2.18. The standard InChI is InChI=1S/C19H21FN2O3/c1-13(2)25-18-10-6-16(7-11-18)21-19(24)12-22(14(3)23)17-8-4-15(20)5-9-17/h4-11,13H,12H2,1-3H3,(H,21,24). The van der Waals surface area contributed by atoms with E-state index < -0.39 is 5.82 Å². The Balaban J connectivity index is 2.01. The van der Waals surface area contributed by atoms with Crippen LogP contribution in [-0.2, 0) is 9.59 Å². The third kappa shape index (κ3) is 5.60. The number of halogens is 1. The number of benzene rings is 2. The molecule has 0 aliphatic heterocycles. The third-order valence-corrected chi connectivity index (χ3v) is 3.33. The smallest absolute Gasteiger partial charge is 0.244 e. The Morgan fingerprint density at radius 1 is 1.08 bits per heavy atom. The predicted octanol–water partition coefficient (Wildman–Crippen LogP) is 3.60. The molecule has 2 rings (SSSR count). The van der Waals surface area contributed by atoms with Crippen molar-refractivity contribution in [3.8, 4) is 5.75 Å². The third-order valence-electron chi connectivity index (χ3n) is 3.33. The molecule has 0 saturated carbocycles. The second kappa shape index (κ2) is 8.28. The zero-order chi connectivity index (χ0) is 18.4. The van der Waals surface area contributed by atoms with Gasteiger partial charge in [-0.25, -0.2) is 4.39 Å². The van der Waals surface area contributed by atoms with E-state index in [1.165, 1.54) is 36.1 Å². The Bertz CT molecular complexity index is 727. The molecule has 132 valence electrons. The molecule has 0 heterocycles. The number of ether oxygens (including phenoxy) is 1. The van der Waals surface area contributed by atoms with Gasteiger partial charge in [0.2, 0.25) is 11.8 Å². The second-order valence-electron chi connectivity index (χ2n) is 5.82. The van der Waals surface area contributed by atoms with Crippen LogP contribution in [0.4, 0.5) is 15.8 Å². The molecule has 2 aromatic rings. The molecule has 5 nitrogen and oxygen atoms in total. The molecule has 0 bridgehead atoms. The Kier molecular flexibility index (Phi) is 6.11. The van der Waals surface area contributed by atoms with Gasteiger partial charge in [-0.15, -0.1) is 0 Å². The predicted molar refractivity (Wildman–Crippen MR) is 95.3 cm³/mol. The largest absolute Gasteiger partial charge is 0.491 e. The van der Waals surface area contributed by atoms with Gasteiger partial charge in [0.25, 0.3) is 0 Å². The van der Waals surface area contributed by atoms with Crippen molar-refractivity contribution in [2.45, 2.75) is 26.9 Å². The monoisotopic (exact) mass is 344 g/mol. The number of carbonyl (C=O) groups is 2. The first-order valence-electron chi connectivity index (χ1n) is 7.95. The van der Waals surface area contributed by atoms with Crippen LogP contribution >= 0.6 is 0 Å². The molecule has 0 fully saturated rings. The van der Waals surface area contributed by atoms with Crippen LogP contribution < -0.4 is 15.0 Å². The summed E-state index contributed by atoms with van der Waals surface area (Å²) in [4.78, 5) is 25.3. The minimum absolute atomic E-state index is 0.0697. The van der Waals surface area contributed by atoms with E-state index in [9.17, 15) is 14.0 Å². The minimum Gasteiger partial charge on any atom is -0.491 e. The number of hydrogen-bond donors (Lipinski definition) is 1. The Morgan fingerprint density at radius 3 is 2.20 bits per heavy atom. The van der Waals surface area contributed by atoms with Crippen LogP contribution in [0, 0.1) is 5.82 Å². The van der Waals surface area contributed by atoms with Crippen molar-refractivity contribution in [2.24, 2.45) is 0 Å². The summed E-state index contributed by atoms with van der Waals surface area (Å²) in [5.74, 6) is -0.343. The molecular weight excluding hydrogens is 323 g/mol. The maximum atomic E-state index is 13.0. The van der Waals surface area contributed by atoms with Gasteiger partial charge in [-0.3, -0.25) is 9.59 Å². The van der Waals surface area contributed by atoms with E-state index in [0.717, 1.165) is 0 Å². The quantitative estimate of drug-likeness (QED) is 0.871. The zero-order valence-corrected chi connectivity index (χ0v) is 14.5. The molecule has 0 atom stereocenters. The summed E-state index contributed by atoms with van der Waals surface area (Å²) >= 11 is 0. The van der Waals surface area contributed by atoms with Gasteiger partial charge in [-0.2, -0.15) is 0 Å². The molecule has 0 saturated heterocycles. The van der Waals surface area contributed by atoms with Crippen LogP contribution in [0.15, 0.2) is 48.5 Å². The Morgan fingerprint density at radius 2 is 1.68 bits per heavy atom. The molecule has 0 spiro atoms. The lowest BCUT2D eigenvalue weighted by molar-refractivity contribution is -0.120. The molecule has 0 aliphatic carbocycles. The number of rotatable bonds is 6. The maximum absolute atomic E-state index is 13.0. The molecule has 6 heteroatoms. The maximum Gasteiger partial charge on any atom is 0.244 e. The molecule has 0 aliphatic rings. The van der Waals surface area contributed by atoms with Gasteiger partial charge in [0.05, 0.1) is 6.10 Å². The summed E-state index contributed by atoms with van der Waals surface area (Å²) in [7, 11) is 0. The number of nitrogens with one attached hydrogen (secondary N) is 1. The van der Waals surface area contributed by atoms with Crippen LogP contribution in [0.25, 0.3) is 0 Å². The van der Waals surface area contributed by atoms with E-state index in [1.807, 2.05) is 13.8 Å². The van der Waals surface area contributed by atoms with Crippen molar-refractivity contribution >= 4 is 23.2 Å². The van der Waals surface area contributed by atoms with Gasteiger partial charge in [0.1, 0.15) is 18.1 Å². The van der Waals surface area contributed by atoms with Gasteiger partial charge in [-0.1, -0.05) is 0 Å². The first-order valence-corrected chi connectivity index (χ1v) is 7.95. The van der Waals surface area contributed by atoms with Gasteiger partial charge in [-0.05, 0) is 62.4 Å². The summed E-state index contributed by atoms with van der Waals surface area (Å²) in [5.41, 5.74) is 1.06. The van der Waals surface area contributed by atoms with E-state index in [0.29, 0.717) is 17.1 Å². The van der Waals surface area contributed by atoms with E-state index in [-0.39, 0.29) is 24.5 Å². The molecule has 2 aromatic carbocycles. The van der Waals surface area contributed by atoms with Crippen molar-refractivity contribution < 1.29 is 18.7 Å². The minimum atomic E-state index is -0.402. The summed E-state index contributed by atoms with van der Waals surface area (Å²) in [6.45, 7) is 5.06. The first-order chi connectivity index (χ1) is 11.8. The summed E-state index contributed by atoms with van der Waals surface area (Å²) in [6.07, 6.45) is 0.0697. The lowest BCUT2D eigenvalue weighted by atomic mass is 10.2. The normalized spacial score (nSPS) is 10.4. The van der Waals surface area contributed by atoms with Crippen LogP contribution in [-0.4, -0.2) is 24.5 Å². The van der Waals surface area contributed by atoms with Crippen LogP contribution in [0.1, 0.15) is 20.8 Å². The highest BCUT2D eigenvalue weighted by molar-refractivity contribution is 6.01. The second-order valence-corrected chi connectivity index (χ2v) is 5.82. The summed E-state index contributed by atoms with van der Waals surface area (Å²) in [6, 6.07) is 12.4. The number of amides is 2. The van der Waals surface area contributed by atoms with Crippen molar-refractivity contribution in [1.82, 2.24) is 0 Å². The van der Waals surface area contributed by atoms with Crippen molar-refractivity contribution in [2.75, 3.05) is 16.8 Å². The van der Waals surface area contributed by atoms with E-state index in [2.05, 4.69) is 5.32 Å². The molecular formula is C19H21FN2O3. The molecule has 0 radical (unpaired) electrons. The zero-order valence-electron chi connectivity index (χ0n) is 14.5. The molecule has 1 N–H and O–H groups in total. The summed E-state index contributed by atoms with van der Waals surface area (Å²) < 4.78 is 18.6. The number of nitrogens with zero attached hydrogens (tertiary/aromatic N) is 1. The lowest BCUT2D eigenvalue weighted by Gasteiger charge is -2.20. The van der Waals surface area contributed by atoms with Gasteiger partial charge < -0.3 is 15.0 Å². The summed E-state index contributed by atoms with van der Waals surface area (Å²) in [5, 5.41) is 2.73. The highest BCUT2D eigenvalue weighted by atomic mass is 19.1.